The van der Waals surface area contributed by atoms with E-state index >= 15 is 0 Å². The van der Waals surface area contributed by atoms with Gasteiger partial charge in [0.2, 0.25) is 11.8 Å². The molecule has 2 amide bonds. The molecule has 2 rings (SSSR count). The highest BCUT2D eigenvalue weighted by atomic mass is 35.5. The van der Waals surface area contributed by atoms with Crippen LogP contribution >= 0.6 is 23.2 Å². The van der Waals surface area contributed by atoms with Crippen molar-refractivity contribution in [2.75, 3.05) is 0 Å². The van der Waals surface area contributed by atoms with Gasteiger partial charge in [0.15, 0.2) is 0 Å². The SMILES string of the molecule is CC(=O)N(Cc1ccc(Cl)cc1)[C@H](C)C(=O)NCc1ccc(Cl)cc1. The van der Waals surface area contributed by atoms with Crippen molar-refractivity contribution in [1.29, 1.82) is 0 Å². The van der Waals surface area contributed by atoms with E-state index in [1.807, 2.05) is 24.3 Å². The van der Waals surface area contributed by atoms with E-state index in [2.05, 4.69) is 5.32 Å². The number of amides is 2. The lowest BCUT2D eigenvalue weighted by Gasteiger charge is -2.27. The Hall–Kier alpha value is -2.04. The van der Waals surface area contributed by atoms with Crippen LogP contribution in [0.2, 0.25) is 10.0 Å². The molecule has 6 heteroatoms. The quantitative estimate of drug-likeness (QED) is 0.823. The minimum absolute atomic E-state index is 0.163. The largest absolute Gasteiger partial charge is 0.350 e. The highest BCUT2D eigenvalue weighted by molar-refractivity contribution is 6.30. The molecule has 0 aliphatic rings. The van der Waals surface area contributed by atoms with E-state index in [0.29, 0.717) is 23.1 Å². The van der Waals surface area contributed by atoms with E-state index in [1.165, 1.54) is 11.8 Å². The Morgan fingerprint density at radius 3 is 1.92 bits per heavy atom. The van der Waals surface area contributed by atoms with Crippen LogP contribution in [0.5, 0.6) is 0 Å². The maximum Gasteiger partial charge on any atom is 0.242 e. The predicted octanol–water partition coefficient (Wildman–Crippen LogP) is 4.05. The molecule has 2 aromatic carbocycles. The standard InChI is InChI=1S/C19H20Cl2N2O2/c1-13(19(25)22-11-15-3-7-17(20)8-4-15)23(14(2)24)12-16-5-9-18(21)10-6-16/h3-10,13H,11-12H2,1-2H3,(H,22,25)/t13-/m1/s1. The minimum Gasteiger partial charge on any atom is -0.350 e. The highest BCUT2D eigenvalue weighted by Crippen LogP contribution is 2.14. The minimum atomic E-state index is -0.583. The van der Waals surface area contributed by atoms with Gasteiger partial charge < -0.3 is 10.2 Å². The highest BCUT2D eigenvalue weighted by Gasteiger charge is 2.23. The molecule has 0 bridgehead atoms. The fraction of sp³-hybridized carbons (Fsp3) is 0.263. The second-order valence-corrected chi connectivity index (χ2v) is 6.67. The first-order valence-electron chi connectivity index (χ1n) is 7.90. The molecule has 0 unspecified atom stereocenters. The number of nitrogens with zero attached hydrogens (tertiary/aromatic N) is 1. The van der Waals surface area contributed by atoms with Gasteiger partial charge in [0.05, 0.1) is 0 Å². The zero-order valence-corrected chi connectivity index (χ0v) is 15.6. The first-order valence-corrected chi connectivity index (χ1v) is 8.66. The third kappa shape index (κ3) is 5.76. The van der Waals surface area contributed by atoms with Gasteiger partial charge in [0.1, 0.15) is 6.04 Å². The summed E-state index contributed by atoms with van der Waals surface area (Å²) in [6.45, 7) is 3.91. The van der Waals surface area contributed by atoms with Crippen molar-refractivity contribution in [2.45, 2.75) is 33.0 Å². The lowest BCUT2D eigenvalue weighted by atomic mass is 10.1. The van der Waals surface area contributed by atoms with E-state index in [9.17, 15) is 9.59 Å². The van der Waals surface area contributed by atoms with Crippen molar-refractivity contribution >= 4 is 35.0 Å². The number of hydrogen-bond acceptors (Lipinski definition) is 2. The maximum atomic E-state index is 12.4. The summed E-state index contributed by atoms with van der Waals surface area (Å²) in [4.78, 5) is 25.9. The molecule has 0 fully saturated rings. The van der Waals surface area contributed by atoms with Crippen molar-refractivity contribution in [2.24, 2.45) is 0 Å². The van der Waals surface area contributed by atoms with E-state index in [4.69, 9.17) is 23.2 Å². The van der Waals surface area contributed by atoms with Gasteiger partial charge in [-0.15, -0.1) is 0 Å². The first-order chi connectivity index (χ1) is 11.9. The van der Waals surface area contributed by atoms with E-state index in [0.717, 1.165) is 11.1 Å². The molecular weight excluding hydrogens is 359 g/mol. The summed E-state index contributed by atoms with van der Waals surface area (Å²) < 4.78 is 0. The van der Waals surface area contributed by atoms with Crippen LogP contribution in [0.3, 0.4) is 0 Å². The maximum absolute atomic E-state index is 12.4. The number of benzene rings is 2. The van der Waals surface area contributed by atoms with Gasteiger partial charge in [0.25, 0.3) is 0 Å². The zero-order chi connectivity index (χ0) is 18.4. The van der Waals surface area contributed by atoms with Crippen LogP contribution in [-0.2, 0) is 22.7 Å². The topological polar surface area (TPSA) is 49.4 Å². The lowest BCUT2D eigenvalue weighted by Crippen LogP contribution is -2.46. The summed E-state index contributed by atoms with van der Waals surface area (Å²) in [6, 6.07) is 13.9. The van der Waals surface area contributed by atoms with Crippen LogP contribution in [0, 0.1) is 0 Å². The number of rotatable bonds is 6. The van der Waals surface area contributed by atoms with Crippen molar-refractivity contribution < 1.29 is 9.59 Å². The number of carbonyl (C=O) groups is 2. The molecule has 0 aliphatic heterocycles. The number of carbonyl (C=O) groups excluding carboxylic acids is 2. The Kier molecular flexibility index (Phi) is 6.85. The van der Waals surface area contributed by atoms with E-state index in [-0.39, 0.29) is 11.8 Å². The van der Waals surface area contributed by atoms with Crippen molar-refractivity contribution in [3.8, 4) is 0 Å². The molecule has 0 aliphatic carbocycles. The summed E-state index contributed by atoms with van der Waals surface area (Å²) in [7, 11) is 0. The first kappa shape index (κ1) is 19.3. The molecule has 0 saturated heterocycles. The van der Waals surface area contributed by atoms with Gasteiger partial charge in [-0.1, -0.05) is 47.5 Å². The van der Waals surface area contributed by atoms with Crippen LogP contribution in [0.15, 0.2) is 48.5 Å². The summed E-state index contributed by atoms with van der Waals surface area (Å²) in [5.41, 5.74) is 1.86. The summed E-state index contributed by atoms with van der Waals surface area (Å²) in [6.07, 6.45) is 0. The Bertz CT molecular complexity index is 730. The van der Waals surface area contributed by atoms with Gasteiger partial charge in [0, 0.05) is 30.1 Å². The van der Waals surface area contributed by atoms with E-state index in [1.54, 1.807) is 31.2 Å². The molecule has 0 spiro atoms. The average Bonchev–Trinajstić information content (AvgIpc) is 2.59. The second-order valence-electron chi connectivity index (χ2n) is 5.79. The fourth-order valence-corrected chi connectivity index (χ4v) is 2.64. The van der Waals surface area contributed by atoms with Gasteiger partial charge in [-0.05, 0) is 42.3 Å². The third-order valence-electron chi connectivity index (χ3n) is 3.90. The van der Waals surface area contributed by atoms with Gasteiger partial charge in [-0.2, -0.15) is 0 Å². The average molecular weight is 379 g/mol. The Morgan fingerprint density at radius 2 is 1.44 bits per heavy atom. The molecule has 0 heterocycles. The molecule has 4 nitrogen and oxygen atoms in total. The van der Waals surface area contributed by atoms with Crippen LogP contribution in [0.4, 0.5) is 0 Å². The molecule has 2 aromatic rings. The smallest absolute Gasteiger partial charge is 0.242 e. The van der Waals surface area contributed by atoms with Crippen molar-refractivity contribution in [3.63, 3.8) is 0 Å². The predicted molar refractivity (Wildman–Crippen MR) is 100 cm³/mol. The molecule has 0 radical (unpaired) electrons. The molecule has 0 saturated carbocycles. The van der Waals surface area contributed by atoms with Gasteiger partial charge in [-0.3, -0.25) is 9.59 Å². The molecular formula is C19H20Cl2N2O2. The molecule has 1 N–H and O–H groups in total. The van der Waals surface area contributed by atoms with Gasteiger partial charge >= 0.3 is 0 Å². The third-order valence-corrected chi connectivity index (χ3v) is 4.40. The lowest BCUT2D eigenvalue weighted by molar-refractivity contribution is -0.139. The van der Waals surface area contributed by atoms with Gasteiger partial charge in [-0.25, -0.2) is 0 Å². The number of hydrogen-bond donors (Lipinski definition) is 1. The summed E-state index contributed by atoms with van der Waals surface area (Å²) in [5.74, 6) is -0.372. The van der Waals surface area contributed by atoms with Crippen LogP contribution in [0.1, 0.15) is 25.0 Å². The Morgan fingerprint density at radius 1 is 0.960 bits per heavy atom. The molecule has 0 aromatic heterocycles. The Labute approximate surface area is 157 Å². The number of halogens is 2. The van der Waals surface area contributed by atoms with Crippen LogP contribution in [-0.4, -0.2) is 22.8 Å². The normalized spacial score (nSPS) is 11.7. The molecule has 25 heavy (non-hydrogen) atoms. The Balaban J connectivity index is 1.99. The van der Waals surface area contributed by atoms with E-state index < -0.39 is 6.04 Å². The van der Waals surface area contributed by atoms with Crippen LogP contribution in [0.25, 0.3) is 0 Å². The molecule has 132 valence electrons. The number of nitrogens with one attached hydrogen (secondary N) is 1. The summed E-state index contributed by atoms with van der Waals surface area (Å²) in [5, 5.41) is 4.13. The fourth-order valence-electron chi connectivity index (χ4n) is 2.39. The van der Waals surface area contributed by atoms with Crippen molar-refractivity contribution in [3.05, 3.63) is 69.7 Å². The van der Waals surface area contributed by atoms with Crippen LogP contribution < -0.4 is 5.32 Å². The monoisotopic (exact) mass is 378 g/mol. The zero-order valence-electron chi connectivity index (χ0n) is 14.1. The second kappa shape index (κ2) is 8.88. The molecule has 1 atom stereocenters. The summed E-state index contributed by atoms with van der Waals surface area (Å²) >= 11 is 11.7. The van der Waals surface area contributed by atoms with Crippen molar-refractivity contribution in [1.82, 2.24) is 10.2 Å².